The van der Waals surface area contributed by atoms with Gasteiger partial charge in [0.1, 0.15) is 10.6 Å². The second-order valence-electron chi connectivity index (χ2n) is 5.45. The third-order valence-corrected chi connectivity index (χ3v) is 5.85. The highest BCUT2D eigenvalue weighted by molar-refractivity contribution is 9.10. The molecule has 0 saturated heterocycles. The number of nitrogens with one attached hydrogen (secondary N) is 2. The molecule has 0 atom stereocenters. The zero-order chi connectivity index (χ0) is 18.9. The van der Waals surface area contributed by atoms with Crippen molar-refractivity contribution in [1.82, 2.24) is 4.72 Å². The first-order valence-electron chi connectivity index (χ1n) is 7.31. The van der Waals surface area contributed by atoms with Crippen molar-refractivity contribution in [3.05, 3.63) is 51.5 Å². The second kappa shape index (κ2) is 7.26. The number of rotatable bonds is 4. The summed E-state index contributed by atoms with van der Waals surface area (Å²) in [4.78, 5) is 23.1. The van der Waals surface area contributed by atoms with Crippen LogP contribution in [0.15, 0.2) is 45.8 Å². The Hall–Kier alpha value is -2.10. The first kappa shape index (κ1) is 18.7. The molecule has 2 aromatic carbocycles. The number of hydrogen-bond donors (Lipinski definition) is 2. The van der Waals surface area contributed by atoms with Crippen molar-refractivity contribution in [2.24, 2.45) is 0 Å². The zero-order valence-electron chi connectivity index (χ0n) is 13.1. The summed E-state index contributed by atoms with van der Waals surface area (Å²) in [6, 6.07) is 9.36. The number of anilines is 1. The molecule has 0 bridgehead atoms. The molecule has 0 saturated carbocycles. The van der Waals surface area contributed by atoms with Gasteiger partial charge in [-0.15, -0.1) is 0 Å². The number of carbonyl (C=O) groups excluding carboxylic acids is 2. The average Bonchev–Trinajstić information content (AvgIpc) is 2.55. The summed E-state index contributed by atoms with van der Waals surface area (Å²) in [7, 11) is -4.20. The number of amides is 2. The molecular weight excluding hydrogens is 448 g/mol. The van der Waals surface area contributed by atoms with Crippen LogP contribution in [0.5, 0.6) is 5.75 Å². The van der Waals surface area contributed by atoms with Gasteiger partial charge in [0.2, 0.25) is 5.91 Å². The van der Waals surface area contributed by atoms with Gasteiger partial charge in [-0.3, -0.25) is 9.59 Å². The van der Waals surface area contributed by atoms with Crippen molar-refractivity contribution in [2.75, 3.05) is 11.9 Å². The maximum Gasteiger partial charge on any atom is 0.265 e. The maximum atomic E-state index is 12.5. The van der Waals surface area contributed by atoms with Gasteiger partial charge in [-0.2, -0.15) is 0 Å². The average molecular weight is 460 g/mol. The quantitative estimate of drug-likeness (QED) is 0.731. The number of sulfonamides is 1. The van der Waals surface area contributed by atoms with Crippen LogP contribution in [-0.2, 0) is 26.0 Å². The Morgan fingerprint density at radius 1 is 1.27 bits per heavy atom. The van der Waals surface area contributed by atoms with E-state index in [0.717, 1.165) is 4.47 Å². The fourth-order valence-corrected chi connectivity index (χ4v) is 4.11. The molecule has 2 N–H and O–H groups in total. The van der Waals surface area contributed by atoms with E-state index in [1.54, 1.807) is 24.3 Å². The van der Waals surface area contributed by atoms with Gasteiger partial charge in [-0.05, 0) is 23.8 Å². The number of benzene rings is 2. The molecule has 0 aromatic heterocycles. The highest BCUT2D eigenvalue weighted by Crippen LogP contribution is 2.35. The maximum absolute atomic E-state index is 12.5. The minimum absolute atomic E-state index is 0.109. The number of halogens is 2. The Balaban J connectivity index is 1.80. The summed E-state index contributed by atoms with van der Waals surface area (Å²) in [5.41, 5.74) is 0.926. The minimum atomic E-state index is -4.20. The zero-order valence-corrected chi connectivity index (χ0v) is 16.2. The smallest absolute Gasteiger partial charge is 0.265 e. The van der Waals surface area contributed by atoms with Crippen LogP contribution >= 0.6 is 27.5 Å². The predicted molar refractivity (Wildman–Crippen MR) is 98.8 cm³/mol. The molecule has 0 fully saturated rings. The lowest BCUT2D eigenvalue weighted by Gasteiger charge is -2.19. The van der Waals surface area contributed by atoms with Gasteiger partial charge in [0.05, 0.1) is 17.1 Å². The summed E-state index contributed by atoms with van der Waals surface area (Å²) < 4.78 is 33.0. The first-order valence-corrected chi connectivity index (χ1v) is 9.96. The van der Waals surface area contributed by atoms with Crippen LogP contribution in [0, 0.1) is 0 Å². The fraction of sp³-hybridized carbons (Fsp3) is 0.125. The molecule has 1 heterocycles. The highest BCUT2D eigenvalue weighted by atomic mass is 79.9. The van der Waals surface area contributed by atoms with E-state index in [0.29, 0.717) is 5.56 Å². The first-order chi connectivity index (χ1) is 12.2. The lowest BCUT2D eigenvalue weighted by molar-refractivity contribution is -0.119. The van der Waals surface area contributed by atoms with Crippen LogP contribution in [0.1, 0.15) is 5.56 Å². The number of fused-ring (bicyclic) bond motifs is 1. The molecule has 7 nitrogen and oxygen atoms in total. The Morgan fingerprint density at radius 2 is 1.96 bits per heavy atom. The van der Waals surface area contributed by atoms with Crippen LogP contribution in [-0.4, -0.2) is 26.8 Å². The Morgan fingerprint density at radius 3 is 2.65 bits per heavy atom. The lowest BCUT2D eigenvalue weighted by atomic mass is 10.1. The highest BCUT2D eigenvalue weighted by Gasteiger charge is 2.26. The molecule has 26 heavy (non-hydrogen) atoms. The van der Waals surface area contributed by atoms with E-state index >= 15 is 0 Å². The van der Waals surface area contributed by atoms with Gasteiger partial charge in [-0.1, -0.05) is 39.7 Å². The van der Waals surface area contributed by atoms with Gasteiger partial charge in [0.15, 0.2) is 6.61 Å². The molecule has 0 spiro atoms. The van der Waals surface area contributed by atoms with Crippen molar-refractivity contribution >= 4 is 55.1 Å². The minimum Gasteiger partial charge on any atom is -0.482 e. The third kappa shape index (κ3) is 4.17. The van der Waals surface area contributed by atoms with Crippen molar-refractivity contribution in [3.8, 4) is 5.75 Å². The van der Waals surface area contributed by atoms with E-state index in [1.165, 1.54) is 12.1 Å². The molecule has 136 valence electrons. The van der Waals surface area contributed by atoms with Crippen molar-refractivity contribution in [3.63, 3.8) is 0 Å². The molecule has 0 radical (unpaired) electrons. The SMILES string of the molecule is O=C1COc2cc(S(=O)(=O)NC(=O)Cc3ccc(Br)cc3)c(Cl)cc2N1. The summed E-state index contributed by atoms with van der Waals surface area (Å²) in [5, 5.41) is 2.38. The lowest BCUT2D eigenvalue weighted by Crippen LogP contribution is -2.32. The summed E-state index contributed by atoms with van der Waals surface area (Å²) in [6.45, 7) is -0.232. The second-order valence-corrected chi connectivity index (χ2v) is 8.42. The van der Waals surface area contributed by atoms with Crippen molar-refractivity contribution < 1.29 is 22.7 Å². The predicted octanol–water partition coefficient (Wildman–Crippen LogP) is 2.48. The molecule has 10 heteroatoms. The van der Waals surface area contributed by atoms with E-state index in [2.05, 4.69) is 21.2 Å². The van der Waals surface area contributed by atoms with Gasteiger partial charge in [-0.25, -0.2) is 13.1 Å². The number of hydrogen-bond acceptors (Lipinski definition) is 5. The van der Waals surface area contributed by atoms with Gasteiger partial charge in [0, 0.05) is 10.5 Å². The van der Waals surface area contributed by atoms with Crippen LogP contribution in [0.3, 0.4) is 0 Å². The largest absolute Gasteiger partial charge is 0.482 e. The van der Waals surface area contributed by atoms with Gasteiger partial charge >= 0.3 is 0 Å². The Bertz CT molecular complexity index is 992. The van der Waals surface area contributed by atoms with E-state index < -0.39 is 15.9 Å². The molecule has 1 aliphatic heterocycles. The monoisotopic (exact) mass is 458 g/mol. The molecule has 2 aromatic rings. The van der Waals surface area contributed by atoms with E-state index in [4.69, 9.17) is 16.3 Å². The van der Waals surface area contributed by atoms with E-state index in [9.17, 15) is 18.0 Å². The normalized spacial score (nSPS) is 13.4. The molecule has 1 aliphatic rings. The molecule has 0 aliphatic carbocycles. The van der Waals surface area contributed by atoms with Crippen molar-refractivity contribution in [1.29, 1.82) is 0 Å². The van der Waals surface area contributed by atoms with Crippen LogP contribution in [0.25, 0.3) is 0 Å². The van der Waals surface area contributed by atoms with Crippen LogP contribution in [0.4, 0.5) is 5.69 Å². The van der Waals surface area contributed by atoms with Crippen LogP contribution in [0.2, 0.25) is 5.02 Å². The molecule has 2 amide bonds. The van der Waals surface area contributed by atoms with Gasteiger partial charge < -0.3 is 10.1 Å². The fourth-order valence-electron chi connectivity index (χ4n) is 2.32. The Kier molecular flexibility index (Phi) is 5.22. The van der Waals surface area contributed by atoms with Crippen molar-refractivity contribution in [2.45, 2.75) is 11.3 Å². The molecule has 0 unspecified atom stereocenters. The summed E-state index contributed by atoms with van der Waals surface area (Å²) in [6.07, 6.45) is -0.109. The van der Waals surface area contributed by atoms with Gasteiger partial charge in [0.25, 0.3) is 15.9 Å². The topological polar surface area (TPSA) is 102 Å². The number of carbonyl (C=O) groups is 2. The third-order valence-electron chi connectivity index (χ3n) is 3.48. The number of ether oxygens (including phenoxy) is 1. The van der Waals surface area contributed by atoms with Crippen LogP contribution < -0.4 is 14.8 Å². The summed E-state index contributed by atoms with van der Waals surface area (Å²) in [5.74, 6) is -0.906. The van der Waals surface area contributed by atoms with E-state index in [1.807, 2.05) is 4.72 Å². The van der Waals surface area contributed by atoms with E-state index in [-0.39, 0.29) is 40.3 Å². The Labute approximate surface area is 162 Å². The molecule has 3 rings (SSSR count). The summed E-state index contributed by atoms with van der Waals surface area (Å²) >= 11 is 9.30. The molecular formula is C16H12BrClN2O5S. The standard InChI is InChI=1S/C16H12BrClN2O5S/c17-10-3-1-9(2-4-10)5-15(21)20-26(23,24)14-7-13-12(6-11(14)18)19-16(22)8-25-13/h1-4,6-7H,5,8H2,(H,19,22)(H,20,21).